The van der Waals surface area contributed by atoms with Gasteiger partial charge in [-0.05, 0) is 38.0 Å². The lowest BCUT2D eigenvalue weighted by molar-refractivity contribution is -0.115. The number of benzene rings is 1. The van der Waals surface area contributed by atoms with Gasteiger partial charge in [0, 0.05) is 16.0 Å². The van der Waals surface area contributed by atoms with Crippen molar-refractivity contribution < 1.29 is 4.79 Å². The van der Waals surface area contributed by atoms with Gasteiger partial charge in [-0.3, -0.25) is 4.79 Å². The molecule has 0 radical (unpaired) electrons. The fourth-order valence-corrected chi connectivity index (χ4v) is 3.92. The average Bonchev–Trinajstić information content (AvgIpc) is 2.40. The van der Waals surface area contributed by atoms with Crippen LogP contribution >= 0.6 is 23.4 Å². The van der Waals surface area contributed by atoms with E-state index in [-0.39, 0.29) is 11.2 Å². The molecule has 0 bridgehead atoms. The molecule has 1 aromatic rings. The minimum absolute atomic E-state index is 0.0120. The van der Waals surface area contributed by atoms with Gasteiger partial charge in [0.25, 0.3) is 0 Å². The summed E-state index contributed by atoms with van der Waals surface area (Å²) >= 11 is 7.71. The average molecular weight is 298 g/mol. The number of hydrogen-bond donors (Lipinski definition) is 1. The van der Waals surface area contributed by atoms with Crippen molar-refractivity contribution >= 4 is 35.0 Å². The number of amides is 1. The molecule has 19 heavy (non-hydrogen) atoms. The molecule has 1 unspecified atom stereocenters. The number of thioether (sulfide) groups is 1. The minimum Gasteiger partial charge on any atom is -0.325 e. The second-order valence-corrected chi connectivity index (χ2v) is 7.12. The van der Waals surface area contributed by atoms with Gasteiger partial charge < -0.3 is 5.32 Å². The molecule has 0 aromatic heterocycles. The molecule has 1 aromatic carbocycles. The third kappa shape index (κ3) is 4.73. The van der Waals surface area contributed by atoms with Crippen LogP contribution in [0, 0.1) is 0 Å². The van der Waals surface area contributed by atoms with Crippen LogP contribution in [0.15, 0.2) is 24.3 Å². The third-order valence-corrected chi connectivity index (χ3v) is 5.12. The third-order valence-electron chi connectivity index (χ3n) is 3.41. The lowest BCUT2D eigenvalue weighted by atomic mass is 10.0. The Bertz CT molecular complexity index is 432. The summed E-state index contributed by atoms with van der Waals surface area (Å²) in [7, 11) is 0. The number of rotatable bonds is 4. The fraction of sp³-hybridized carbons (Fsp3) is 0.533. The Balaban J connectivity index is 1.84. The molecule has 2 nitrogen and oxygen atoms in total. The van der Waals surface area contributed by atoms with Crippen molar-refractivity contribution in [3.05, 3.63) is 29.3 Å². The van der Waals surface area contributed by atoms with E-state index in [0.29, 0.717) is 10.3 Å². The molecular formula is C15H20ClNOS. The predicted octanol–water partition coefficient (Wildman–Crippen LogP) is 4.73. The van der Waals surface area contributed by atoms with Gasteiger partial charge in [-0.2, -0.15) is 0 Å². The predicted molar refractivity (Wildman–Crippen MR) is 84.0 cm³/mol. The van der Waals surface area contributed by atoms with E-state index in [9.17, 15) is 4.79 Å². The number of anilines is 1. The molecule has 1 N–H and O–H groups in total. The van der Waals surface area contributed by atoms with Crippen molar-refractivity contribution in [2.24, 2.45) is 0 Å². The molecule has 0 heterocycles. The van der Waals surface area contributed by atoms with Crippen LogP contribution in [0.2, 0.25) is 5.02 Å². The normalized spacial score (nSPS) is 18.0. The summed E-state index contributed by atoms with van der Waals surface area (Å²) in [4.78, 5) is 12.1. The topological polar surface area (TPSA) is 29.1 Å². The molecule has 0 aliphatic heterocycles. The summed E-state index contributed by atoms with van der Waals surface area (Å²) in [6, 6.07) is 7.29. The molecule has 1 aliphatic rings. The van der Waals surface area contributed by atoms with Crippen LogP contribution in [0.5, 0.6) is 0 Å². The molecule has 0 saturated heterocycles. The minimum atomic E-state index is -0.0120. The largest absolute Gasteiger partial charge is 0.325 e. The summed E-state index contributed by atoms with van der Waals surface area (Å²) in [6.45, 7) is 1.99. The molecule has 1 atom stereocenters. The van der Waals surface area contributed by atoms with Gasteiger partial charge in [-0.25, -0.2) is 0 Å². The molecule has 1 fully saturated rings. The molecule has 104 valence electrons. The van der Waals surface area contributed by atoms with Crippen LogP contribution in [0.1, 0.15) is 39.0 Å². The number of nitrogens with one attached hydrogen (secondary N) is 1. The van der Waals surface area contributed by atoms with Crippen molar-refractivity contribution in [1.82, 2.24) is 0 Å². The Hall–Kier alpha value is -0.670. The second-order valence-electron chi connectivity index (χ2n) is 5.04. The maximum Gasteiger partial charge on any atom is 0.237 e. The number of carbonyl (C=O) groups is 1. The Morgan fingerprint density at radius 3 is 2.79 bits per heavy atom. The Morgan fingerprint density at radius 1 is 1.37 bits per heavy atom. The monoisotopic (exact) mass is 297 g/mol. The smallest absolute Gasteiger partial charge is 0.237 e. The number of halogens is 1. The summed E-state index contributed by atoms with van der Waals surface area (Å²) in [5.41, 5.74) is 0.772. The van der Waals surface area contributed by atoms with E-state index in [1.807, 2.05) is 30.8 Å². The van der Waals surface area contributed by atoms with Gasteiger partial charge in [0.1, 0.15) is 0 Å². The molecule has 2 rings (SSSR count). The lowest BCUT2D eigenvalue weighted by Crippen LogP contribution is -2.25. The van der Waals surface area contributed by atoms with E-state index in [2.05, 4.69) is 5.32 Å². The summed E-state index contributed by atoms with van der Waals surface area (Å²) in [6.07, 6.45) is 6.46. The fourth-order valence-electron chi connectivity index (χ4n) is 2.36. The van der Waals surface area contributed by atoms with Gasteiger partial charge in [0.05, 0.1) is 5.25 Å². The number of carbonyl (C=O) groups excluding carboxylic acids is 1. The lowest BCUT2D eigenvalue weighted by Gasteiger charge is -2.23. The quantitative estimate of drug-likeness (QED) is 0.870. The van der Waals surface area contributed by atoms with Crippen LogP contribution in [-0.2, 0) is 4.79 Å². The first-order valence-corrected chi connectivity index (χ1v) is 8.19. The van der Waals surface area contributed by atoms with Crippen molar-refractivity contribution in [1.29, 1.82) is 0 Å². The highest BCUT2D eigenvalue weighted by atomic mass is 35.5. The summed E-state index contributed by atoms with van der Waals surface area (Å²) in [5.74, 6) is 0.0674. The highest BCUT2D eigenvalue weighted by Gasteiger charge is 2.21. The Morgan fingerprint density at radius 2 is 2.11 bits per heavy atom. The van der Waals surface area contributed by atoms with E-state index < -0.39 is 0 Å². The molecule has 1 aliphatic carbocycles. The maximum atomic E-state index is 12.1. The van der Waals surface area contributed by atoms with Crippen molar-refractivity contribution in [3.63, 3.8) is 0 Å². The van der Waals surface area contributed by atoms with Gasteiger partial charge in [-0.1, -0.05) is 36.9 Å². The SMILES string of the molecule is CC(SC1CCCCC1)C(=O)Nc1cccc(Cl)c1. The van der Waals surface area contributed by atoms with E-state index in [1.54, 1.807) is 12.1 Å². The zero-order chi connectivity index (χ0) is 13.7. The number of hydrogen-bond acceptors (Lipinski definition) is 2. The first-order valence-electron chi connectivity index (χ1n) is 6.87. The zero-order valence-electron chi connectivity index (χ0n) is 11.2. The van der Waals surface area contributed by atoms with Gasteiger partial charge in [0.15, 0.2) is 0 Å². The van der Waals surface area contributed by atoms with Gasteiger partial charge in [0.2, 0.25) is 5.91 Å². The second kappa shape index (κ2) is 7.20. The molecule has 1 saturated carbocycles. The van der Waals surface area contributed by atoms with E-state index >= 15 is 0 Å². The van der Waals surface area contributed by atoms with Crippen molar-refractivity contribution in [2.45, 2.75) is 49.5 Å². The van der Waals surface area contributed by atoms with Crippen LogP contribution < -0.4 is 5.32 Å². The summed E-state index contributed by atoms with van der Waals surface area (Å²) < 4.78 is 0. The molecule has 1 amide bonds. The first-order chi connectivity index (χ1) is 9.15. The van der Waals surface area contributed by atoms with Crippen molar-refractivity contribution in [2.75, 3.05) is 5.32 Å². The van der Waals surface area contributed by atoms with E-state index in [0.717, 1.165) is 5.69 Å². The van der Waals surface area contributed by atoms with Crippen molar-refractivity contribution in [3.8, 4) is 0 Å². The van der Waals surface area contributed by atoms with E-state index in [4.69, 9.17) is 11.6 Å². The summed E-state index contributed by atoms with van der Waals surface area (Å²) in [5, 5.41) is 4.21. The standard InChI is InChI=1S/C15H20ClNOS/c1-11(19-14-8-3-2-4-9-14)15(18)17-13-7-5-6-12(16)10-13/h5-7,10-11,14H,2-4,8-9H2,1H3,(H,17,18). The molecule has 4 heteroatoms. The van der Waals surface area contributed by atoms with Crippen LogP contribution in [0.4, 0.5) is 5.69 Å². The van der Waals surface area contributed by atoms with Gasteiger partial charge in [-0.15, -0.1) is 11.8 Å². The highest BCUT2D eigenvalue weighted by Crippen LogP contribution is 2.31. The van der Waals surface area contributed by atoms with Gasteiger partial charge >= 0.3 is 0 Å². The van der Waals surface area contributed by atoms with Crippen LogP contribution in [0.3, 0.4) is 0 Å². The Labute approximate surface area is 124 Å². The highest BCUT2D eigenvalue weighted by molar-refractivity contribution is 8.01. The molecule has 0 spiro atoms. The van der Waals surface area contributed by atoms with Crippen LogP contribution in [0.25, 0.3) is 0 Å². The Kier molecular flexibility index (Phi) is 5.59. The van der Waals surface area contributed by atoms with E-state index in [1.165, 1.54) is 32.1 Å². The first kappa shape index (κ1) is 14.7. The zero-order valence-corrected chi connectivity index (χ0v) is 12.8. The maximum absolute atomic E-state index is 12.1. The molecular weight excluding hydrogens is 278 g/mol. The van der Waals surface area contributed by atoms with Crippen LogP contribution in [-0.4, -0.2) is 16.4 Å².